The lowest BCUT2D eigenvalue weighted by atomic mass is 9.73. The SMILES string of the molecule is C=C(CC(C)(C(=O)OC)C(=O)OC)C(C)(C(=O)OC)C(=O)OC. The molecule has 0 rings (SSSR count). The average Bonchev–Trinajstić information content (AvgIpc) is 2.57. The van der Waals surface area contributed by atoms with E-state index >= 15 is 0 Å². The van der Waals surface area contributed by atoms with E-state index in [1.54, 1.807) is 0 Å². The molecule has 0 heterocycles. The highest BCUT2D eigenvalue weighted by molar-refractivity contribution is 6.04. The van der Waals surface area contributed by atoms with Gasteiger partial charge in [-0.05, 0) is 25.8 Å². The summed E-state index contributed by atoms with van der Waals surface area (Å²) in [6.45, 7) is 6.17. The van der Waals surface area contributed by atoms with Gasteiger partial charge in [-0.3, -0.25) is 19.2 Å². The number of hydrogen-bond acceptors (Lipinski definition) is 8. The van der Waals surface area contributed by atoms with Crippen molar-refractivity contribution < 1.29 is 38.1 Å². The Balaban J connectivity index is 5.87. The van der Waals surface area contributed by atoms with Crippen LogP contribution < -0.4 is 0 Å². The average molecular weight is 330 g/mol. The van der Waals surface area contributed by atoms with Gasteiger partial charge in [0, 0.05) is 0 Å². The van der Waals surface area contributed by atoms with Crippen molar-refractivity contribution in [2.75, 3.05) is 28.4 Å². The van der Waals surface area contributed by atoms with Gasteiger partial charge in [0.05, 0.1) is 28.4 Å². The summed E-state index contributed by atoms with van der Waals surface area (Å²) in [4.78, 5) is 48.0. The van der Waals surface area contributed by atoms with Gasteiger partial charge in [-0.15, -0.1) is 0 Å². The van der Waals surface area contributed by atoms with E-state index in [4.69, 9.17) is 0 Å². The zero-order chi connectivity index (χ0) is 18.4. The number of methoxy groups -OCH3 is 4. The van der Waals surface area contributed by atoms with Crippen molar-refractivity contribution in [2.24, 2.45) is 10.8 Å². The van der Waals surface area contributed by atoms with Gasteiger partial charge in [-0.1, -0.05) is 6.58 Å². The van der Waals surface area contributed by atoms with Gasteiger partial charge < -0.3 is 18.9 Å². The maximum absolute atomic E-state index is 12.0. The number of carbonyl (C=O) groups is 4. The summed E-state index contributed by atoms with van der Waals surface area (Å²) >= 11 is 0. The molecule has 0 aromatic rings. The van der Waals surface area contributed by atoms with Gasteiger partial charge in [-0.25, -0.2) is 0 Å². The zero-order valence-electron chi connectivity index (χ0n) is 14.2. The molecule has 0 spiro atoms. The Morgan fingerprint density at radius 2 is 1.04 bits per heavy atom. The summed E-state index contributed by atoms with van der Waals surface area (Å²) in [5, 5.41) is 0. The van der Waals surface area contributed by atoms with Gasteiger partial charge in [0.1, 0.15) is 0 Å². The molecule has 0 aliphatic carbocycles. The molecule has 0 bridgehead atoms. The van der Waals surface area contributed by atoms with Crippen LogP contribution in [0, 0.1) is 10.8 Å². The third-order valence-electron chi connectivity index (χ3n) is 3.73. The molecule has 130 valence electrons. The van der Waals surface area contributed by atoms with Gasteiger partial charge in [0.15, 0.2) is 10.8 Å². The van der Waals surface area contributed by atoms with E-state index in [2.05, 4.69) is 25.5 Å². The summed E-state index contributed by atoms with van der Waals surface area (Å²) < 4.78 is 18.5. The molecule has 0 aliphatic heterocycles. The Morgan fingerprint density at radius 3 is 1.30 bits per heavy atom. The Labute approximate surface area is 134 Å². The van der Waals surface area contributed by atoms with Crippen LogP contribution in [0.3, 0.4) is 0 Å². The van der Waals surface area contributed by atoms with Crippen LogP contribution in [0.15, 0.2) is 12.2 Å². The van der Waals surface area contributed by atoms with Crippen molar-refractivity contribution in [3.8, 4) is 0 Å². The zero-order valence-corrected chi connectivity index (χ0v) is 14.2. The Bertz CT molecular complexity index is 488. The van der Waals surface area contributed by atoms with Crippen LogP contribution in [0.4, 0.5) is 0 Å². The maximum Gasteiger partial charge on any atom is 0.327 e. The predicted octanol–water partition coefficient (Wildman–Crippen LogP) is 0.637. The molecular weight excluding hydrogens is 308 g/mol. The fraction of sp³-hybridized carbons (Fsp3) is 0.600. The maximum atomic E-state index is 12.0. The second-order valence-electron chi connectivity index (χ2n) is 5.20. The van der Waals surface area contributed by atoms with E-state index in [1.807, 2.05) is 0 Å². The molecule has 0 aliphatic rings. The topological polar surface area (TPSA) is 105 Å². The molecule has 0 atom stereocenters. The molecule has 0 amide bonds. The Morgan fingerprint density at radius 1 is 0.739 bits per heavy atom. The van der Waals surface area contributed by atoms with E-state index < -0.39 is 34.7 Å². The largest absolute Gasteiger partial charge is 0.468 e. The van der Waals surface area contributed by atoms with Crippen LogP contribution in [-0.2, 0) is 38.1 Å². The van der Waals surface area contributed by atoms with E-state index in [0.29, 0.717) is 0 Å². The molecule has 0 radical (unpaired) electrons. The summed E-state index contributed by atoms with van der Waals surface area (Å²) in [7, 11) is 4.39. The van der Waals surface area contributed by atoms with Gasteiger partial charge >= 0.3 is 23.9 Å². The third kappa shape index (κ3) is 3.69. The van der Waals surface area contributed by atoms with E-state index in [-0.39, 0.29) is 12.0 Å². The standard InChI is InChI=1S/C15H22O8/c1-9(15(3,12(18)22-6)13(19)23-7)8-14(2,10(16)20-4)11(17)21-5/h1,8H2,2-7H3. The van der Waals surface area contributed by atoms with E-state index in [0.717, 1.165) is 28.4 Å². The van der Waals surface area contributed by atoms with Crippen molar-refractivity contribution >= 4 is 23.9 Å². The quantitative estimate of drug-likeness (QED) is 0.290. The summed E-state index contributed by atoms with van der Waals surface area (Å²) in [5.41, 5.74) is -3.70. The van der Waals surface area contributed by atoms with Crippen LogP contribution in [0.2, 0.25) is 0 Å². The normalized spacial score (nSPS) is 11.2. The lowest BCUT2D eigenvalue weighted by Crippen LogP contribution is -2.45. The van der Waals surface area contributed by atoms with Crippen LogP contribution >= 0.6 is 0 Å². The van der Waals surface area contributed by atoms with Crippen LogP contribution in [0.5, 0.6) is 0 Å². The molecule has 0 saturated heterocycles. The minimum atomic E-state index is -1.88. The Kier molecular flexibility index (Phi) is 6.95. The lowest BCUT2D eigenvalue weighted by molar-refractivity contribution is -0.171. The van der Waals surface area contributed by atoms with Crippen molar-refractivity contribution in [3.05, 3.63) is 12.2 Å². The third-order valence-corrected chi connectivity index (χ3v) is 3.73. The van der Waals surface area contributed by atoms with Crippen LogP contribution in [-0.4, -0.2) is 52.3 Å². The van der Waals surface area contributed by atoms with E-state index in [1.165, 1.54) is 13.8 Å². The highest BCUT2D eigenvalue weighted by Crippen LogP contribution is 2.38. The van der Waals surface area contributed by atoms with Crippen molar-refractivity contribution in [1.82, 2.24) is 0 Å². The van der Waals surface area contributed by atoms with Gasteiger partial charge in [0.25, 0.3) is 0 Å². The summed E-state index contributed by atoms with van der Waals surface area (Å²) in [6.07, 6.45) is -0.368. The van der Waals surface area contributed by atoms with Gasteiger partial charge in [0.2, 0.25) is 0 Å². The number of carbonyl (C=O) groups excluding carboxylic acids is 4. The molecule has 0 fully saturated rings. The number of rotatable bonds is 7. The molecule has 0 aromatic heterocycles. The van der Waals surface area contributed by atoms with Crippen LogP contribution in [0.25, 0.3) is 0 Å². The number of hydrogen-bond donors (Lipinski definition) is 0. The Hall–Kier alpha value is -2.38. The number of esters is 4. The summed E-state index contributed by atoms with van der Waals surface area (Å²) in [6, 6.07) is 0. The van der Waals surface area contributed by atoms with Crippen molar-refractivity contribution in [2.45, 2.75) is 20.3 Å². The predicted molar refractivity (Wildman–Crippen MR) is 78.0 cm³/mol. The highest BCUT2D eigenvalue weighted by Gasteiger charge is 2.52. The second kappa shape index (κ2) is 7.75. The van der Waals surface area contributed by atoms with Crippen molar-refractivity contribution in [1.29, 1.82) is 0 Å². The number of ether oxygens (including phenoxy) is 4. The fourth-order valence-electron chi connectivity index (χ4n) is 2.06. The first-order chi connectivity index (χ1) is 10.6. The summed E-state index contributed by atoms with van der Waals surface area (Å²) in [5.74, 6) is -3.62. The molecule has 8 nitrogen and oxygen atoms in total. The first-order valence-corrected chi connectivity index (χ1v) is 6.58. The van der Waals surface area contributed by atoms with Crippen LogP contribution in [0.1, 0.15) is 20.3 Å². The first-order valence-electron chi connectivity index (χ1n) is 6.58. The first kappa shape index (κ1) is 20.6. The lowest BCUT2D eigenvalue weighted by Gasteiger charge is -2.31. The smallest absolute Gasteiger partial charge is 0.327 e. The molecule has 0 unspecified atom stereocenters. The second-order valence-corrected chi connectivity index (χ2v) is 5.20. The van der Waals surface area contributed by atoms with E-state index in [9.17, 15) is 19.2 Å². The van der Waals surface area contributed by atoms with Crippen molar-refractivity contribution in [3.63, 3.8) is 0 Å². The molecule has 0 aromatic carbocycles. The monoisotopic (exact) mass is 330 g/mol. The van der Waals surface area contributed by atoms with Gasteiger partial charge in [-0.2, -0.15) is 0 Å². The molecular formula is C15H22O8. The molecule has 0 saturated carbocycles. The minimum Gasteiger partial charge on any atom is -0.468 e. The molecule has 23 heavy (non-hydrogen) atoms. The fourth-order valence-corrected chi connectivity index (χ4v) is 2.06. The highest BCUT2D eigenvalue weighted by atomic mass is 16.6. The molecule has 8 heteroatoms. The molecule has 0 N–H and O–H groups in total. The minimum absolute atomic E-state index is 0.0468.